The minimum Gasteiger partial charge on any atom is -0.378 e. The minimum absolute atomic E-state index is 0.171. The van der Waals surface area contributed by atoms with Gasteiger partial charge in [-0.2, -0.15) is 8.78 Å². The Labute approximate surface area is 111 Å². The van der Waals surface area contributed by atoms with Crippen molar-refractivity contribution in [1.82, 2.24) is 9.97 Å². The molecule has 0 bridgehead atoms. The number of hydrogen-bond acceptors (Lipinski definition) is 4. The van der Waals surface area contributed by atoms with Crippen molar-refractivity contribution in [3.8, 4) is 0 Å². The molecule has 0 aromatic carbocycles. The number of halogens is 4. The Balaban J connectivity index is 2.61. The molecular weight excluding hydrogens is 288 g/mol. The molecule has 1 aromatic heterocycles. The summed E-state index contributed by atoms with van der Waals surface area (Å²) in [5, 5.41) is 0. The molecule has 1 heterocycles. The van der Waals surface area contributed by atoms with Gasteiger partial charge in [-0.15, -0.1) is 0 Å². The second-order valence-corrected chi connectivity index (χ2v) is 4.10. The first-order valence-electron chi connectivity index (χ1n) is 5.17. The molecule has 1 N–H and O–H groups in total. The molecule has 0 amide bonds. The van der Waals surface area contributed by atoms with Gasteiger partial charge in [0, 0.05) is 12.8 Å². The molecule has 0 radical (unpaired) electrons. The number of nitrogens with zero attached hydrogens (tertiary/aromatic N) is 1. The Kier molecular flexibility index (Phi) is 5.83. The summed E-state index contributed by atoms with van der Waals surface area (Å²) in [5.41, 5.74) is 0.585. The summed E-state index contributed by atoms with van der Waals surface area (Å²) in [6.45, 7) is -1.53. The van der Waals surface area contributed by atoms with Crippen LogP contribution in [0, 0.1) is 4.64 Å². The van der Waals surface area contributed by atoms with E-state index in [4.69, 9.17) is 17.0 Å². The third-order valence-electron chi connectivity index (χ3n) is 2.00. The van der Waals surface area contributed by atoms with Crippen LogP contribution in [-0.2, 0) is 22.7 Å². The number of aromatic nitrogens is 2. The van der Waals surface area contributed by atoms with Gasteiger partial charge < -0.3 is 14.5 Å². The third-order valence-corrected chi connectivity index (χ3v) is 2.21. The predicted octanol–water partition coefficient (Wildman–Crippen LogP) is 2.70. The van der Waals surface area contributed by atoms with Gasteiger partial charge in [0.1, 0.15) is 23.7 Å². The van der Waals surface area contributed by atoms with Crippen LogP contribution in [0.2, 0.25) is 0 Å². The molecule has 9 heteroatoms. The summed E-state index contributed by atoms with van der Waals surface area (Å²) >= 11 is 4.86. The van der Waals surface area contributed by atoms with Crippen LogP contribution in [0.25, 0.3) is 0 Å². The van der Waals surface area contributed by atoms with Gasteiger partial charge in [-0.05, 0) is 6.07 Å². The molecule has 0 atom stereocenters. The van der Waals surface area contributed by atoms with E-state index in [1.54, 1.807) is 0 Å². The topological polar surface area (TPSA) is 47.1 Å². The summed E-state index contributed by atoms with van der Waals surface area (Å²) in [6.07, 6.45) is -3.77. The smallest absolute Gasteiger partial charge is 0.330 e. The summed E-state index contributed by atoms with van der Waals surface area (Å²) < 4.78 is 58.5. The maximum Gasteiger partial charge on any atom is 0.330 e. The summed E-state index contributed by atoms with van der Waals surface area (Å²) in [7, 11) is 1.47. The van der Waals surface area contributed by atoms with Gasteiger partial charge in [0.15, 0.2) is 0 Å². The van der Waals surface area contributed by atoms with Gasteiger partial charge in [-0.3, -0.25) is 0 Å². The van der Waals surface area contributed by atoms with Gasteiger partial charge in [0.05, 0.1) is 6.61 Å². The Morgan fingerprint density at radius 2 is 2.11 bits per heavy atom. The monoisotopic (exact) mass is 300 g/mol. The lowest BCUT2D eigenvalue weighted by molar-refractivity contribution is -0.168. The fraction of sp³-hybridized carbons (Fsp3) is 0.600. The van der Waals surface area contributed by atoms with Gasteiger partial charge >= 0.3 is 12.3 Å². The van der Waals surface area contributed by atoms with Crippen LogP contribution in [0.4, 0.5) is 17.6 Å². The van der Waals surface area contributed by atoms with E-state index in [1.807, 2.05) is 0 Å². The molecule has 4 nitrogen and oxygen atoms in total. The largest absolute Gasteiger partial charge is 0.378 e. The molecule has 0 saturated heterocycles. The van der Waals surface area contributed by atoms with Crippen molar-refractivity contribution in [2.45, 2.75) is 25.6 Å². The summed E-state index contributed by atoms with van der Waals surface area (Å²) in [5.74, 6) is -4.01. The highest BCUT2D eigenvalue weighted by Crippen LogP contribution is 2.23. The zero-order valence-corrected chi connectivity index (χ0v) is 10.8. The number of aromatic amines is 1. The quantitative estimate of drug-likeness (QED) is 0.621. The second-order valence-electron chi connectivity index (χ2n) is 3.68. The van der Waals surface area contributed by atoms with Gasteiger partial charge in [-0.25, -0.2) is 13.8 Å². The van der Waals surface area contributed by atoms with Crippen LogP contribution in [-0.4, -0.2) is 36.0 Å². The maximum absolute atomic E-state index is 12.6. The van der Waals surface area contributed by atoms with Gasteiger partial charge in [0.25, 0.3) is 0 Å². The van der Waals surface area contributed by atoms with Crippen molar-refractivity contribution in [2.75, 3.05) is 13.7 Å². The molecule has 0 aliphatic heterocycles. The highest BCUT2D eigenvalue weighted by atomic mass is 32.1. The molecule has 19 heavy (non-hydrogen) atoms. The number of H-pyrrole nitrogens is 1. The van der Waals surface area contributed by atoms with E-state index in [2.05, 4.69) is 14.7 Å². The average Bonchev–Trinajstić information content (AvgIpc) is 2.28. The summed E-state index contributed by atoms with van der Waals surface area (Å²) in [6, 6.07) is 1.54. The van der Waals surface area contributed by atoms with Crippen LogP contribution in [0.3, 0.4) is 0 Å². The zero-order valence-electron chi connectivity index (χ0n) is 9.96. The molecule has 0 saturated carbocycles. The Bertz CT molecular complexity index is 467. The molecule has 1 aromatic rings. The van der Waals surface area contributed by atoms with Crippen LogP contribution < -0.4 is 0 Å². The fourth-order valence-electron chi connectivity index (χ4n) is 1.21. The second kappa shape index (κ2) is 6.92. The molecule has 1 rings (SSSR count). The van der Waals surface area contributed by atoms with Crippen molar-refractivity contribution < 1.29 is 27.0 Å². The van der Waals surface area contributed by atoms with Crippen LogP contribution >= 0.6 is 12.2 Å². The maximum atomic E-state index is 12.6. The first kappa shape index (κ1) is 16.0. The number of nitrogens with one attached hydrogen (secondary N) is 1. The SMILES string of the molecule is COCc1cc(=S)nc(COCC(F)(F)C(F)F)[nH]1. The van der Waals surface area contributed by atoms with E-state index < -0.39 is 19.0 Å². The van der Waals surface area contributed by atoms with Crippen LogP contribution in [0.1, 0.15) is 11.5 Å². The Morgan fingerprint density at radius 1 is 1.42 bits per heavy atom. The normalized spacial score (nSPS) is 12.1. The van der Waals surface area contributed by atoms with E-state index >= 15 is 0 Å². The lowest BCUT2D eigenvalue weighted by Crippen LogP contribution is -2.32. The number of rotatable bonds is 7. The van der Waals surface area contributed by atoms with Crippen LogP contribution in [0.15, 0.2) is 6.07 Å². The first-order valence-corrected chi connectivity index (χ1v) is 5.57. The van der Waals surface area contributed by atoms with E-state index in [1.165, 1.54) is 13.2 Å². The highest BCUT2D eigenvalue weighted by molar-refractivity contribution is 7.71. The van der Waals surface area contributed by atoms with Gasteiger partial charge in [0.2, 0.25) is 0 Å². The van der Waals surface area contributed by atoms with E-state index in [-0.39, 0.29) is 23.7 Å². The van der Waals surface area contributed by atoms with Crippen molar-refractivity contribution >= 4 is 12.2 Å². The fourth-order valence-corrected chi connectivity index (χ4v) is 1.46. The molecule has 108 valence electrons. The Morgan fingerprint density at radius 3 is 2.68 bits per heavy atom. The summed E-state index contributed by atoms with van der Waals surface area (Å²) in [4.78, 5) is 6.57. The number of hydrogen-bond donors (Lipinski definition) is 1. The van der Waals surface area contributed by atoms with Crippen LogP contribution in [0.5, 0.6) is 0 Å². The minimum atomic E-state index is -4.18. The van der Waals surface area contributed by atoms with Crippen molar-refractivity contribution in [2.24, 2.45) is 0 Å². The molecule has 0 aliphatic rings. The molecule has 0 spiro atoms. The third kappa shape index (κ3) is 5.21. The molecule has 0 unspecified atom stereocenters. The lowest BCUT2D eigenvalue weighted by atomic mass is 10.4. The Hall–Kier alpha value is -1.06. The predicted molar refractivity (Wildman–Crippen MR) is 60.7 cm³/mol. The average molecular weight is 300 g/mol. The molecule has 0 fully saturated rings. The number of alkyl halides is 4. The van der Waals surface area contributed by atoms with Crippen molar-refractivity contribution in [1.29, 1.82) is 0 Å². The van der Waals surface area contributed by atoms with Crippen molar-refractivity contribution in [3.63, 3.8) is 0 Å². The van der Waals surface area contributed by atoms with Crippen molar-refractivity contribution in [3.05, 3.63) is 22.2 Å². The molecular formula is C10H12F4N2O2S. The molecule has 0 aliphatic carbocycles. The number of methoxy groups -OCH3 is 1. The first-order chi connectivity index (χ1) is 8.85. The van der Waals surface area contributed by atoms with E-state index in [0.717, 1.165) is 0 Å². The standard InChI is InChI=1S/C10H12F4N2O2S/c1-17-3-6-2-8(19)16-7(15-6)4-18-5-10(13,14)9(11)12/h2,9H,3-5H2,1H3,(H,15,16,19). The zero-order chi connectivity index (χ0) is 14.5. The highest BCUT2D eigenvalue weighted by Gasteiger charge is 2.40. The number of ether oxygens (including phenoxy) is 2. The van der Waals surface area contributed by atoms with E-state index in [0.29, 0.717) is 5.69 Å². The lowest BCUT2D eigenvalue weighted by Gasteiger charge is -2.15. The van der Waals surface area contributed by atoms with Gasteiger partial charge in [-0.1, -0.05) is 12.2 Å². The van der Waals surface area contributed by atoms with E-state index in [9.17, 15) is 17.6 Å².